The molecule has 1 aromatic rings. The predicted molar refractivity (Wildman–Crippen MR) is 44.5 cm³/mol. The molecule has 0 aromatic carbocycles. The van der Waals surface area contributed by atoms with E-state index in [1.807, 2.05) is 11.6 Å². The van der Waals surface area contributed by atoms with Crippen LogP contribution in [0.15, 0.2) is 0 Å². The number of rotatable bonds is 4. The molecule has 0 spiro atoms. The maximum absolute atomic E-state index is 5.44. The van der Waals surface area contributed by atoms with E-state index in [4.69, 9.17) is 10.5 Å². The van der Waals surface area contributed by atoms with Crippen LogP contribution in [-0.2, 0) is 24.8 Å². The third kappa shape index (κ3) is 1.80. The lowest BCUT2D eigenvalue weighted by Crippen LogP contribution is -2.08. The van der Waals surface area contributed by atoms with Gasteiger partial charge in [-0.25, -0.2) is 0 Å². The monoisotopic (exact) mass is 170 g/mol. The van der Waals surface area contributed by atoms with Gasteiger partial charge in [0.25, 0.3) is 0 Å². The molecule has 0 unspecified atom stereocenters. The van der Waals surface area contributed by atoms with Crippen molar-refractivity contribution >= 4 is 0 Å². The molecule has 0 saturated carbocycles. The molecule has 1 aromatic heterocycles. The second-order valence-electron chi connectivity index (χ2n) is 2.54. The van der Waals surface area contributed by atoms with Gasteiger partial charge in [0.05, 0.1) is 13.2 Å². The Morgan fingerprint density at radius 1 is 1.42 bits per heavy atom. The lowest BCUT2D eigenvalue weighted by atomic mass is 10.4. The molecule has 0 amide bonds. The SMILES string of the molecule is COCCc1nnc(CN)n1C. The largest absolute Gasteiger partial charge is 0.384 e. The number of ether oxygens (including phenoxy) is 1. The number of nitrogens with two attached hydrogens (primary N) is 1. The highest BCUT2D eigenvalue weighted by atomic mass is 16.5. The zero-order valence-electron chi connectivity index (χ0n) is 7.45. The quantitative estimate of drug-likeness (QED) is 0.659. The maximum Gasteiger partial charge on any atom is 0.146 e. The average molecular weight is 170 g/mol. The lowest BCUT2D eigenvalue weighted by Gasteiger charge is -2.00. The van der Waals surface area contributed by atoms with Crippen molar-refractivity contribution in [2.24, 2.45) is 12.8 Å². The summed E-state index contributed by atoms with van der Waals surface area (Å²) in [7, 11) is 3.58. The van der Waals surface area contributed by atoms with Crippen LogP contribution in [0.3, 0.4) is 0 Å². The Kier molecular flexibility index (Phi) is 3.19. The molecule has 0 aliphatic heterocycles. The maximum atomic E-state index is 5.44. The van der Waals surface area contributed by atoms with Gasteiger partial charge in [0.1, 0.15) is 11.6 Å². The number of hydrogen-bond donors (Lipinski definition) is 1. The third-order valence-electron chi connectivity index (χ3n) is 1.77. The first kappa shape index (κ1) is 9.15. The van der Waals surface area contributed by atoms with Gasteiger partial charge in [-0.05, 0) is 0 Å². The van der Waals surface area contributed by atoms with Gasteiger partial charge in [0, 0.05) is 20.6 Å². The first-order chi connectivity index (χ1) is 5.79. The van der Waals surface area contributed by atoms with Crippen molar-refractivity contribution in [1.82, 2.24) is 14.8 Å². The van der Waals surface area contributed by atoms with Gasteiger partial charge in [-0.15, -0.1) is 10.2 Å². The first-order valence-electron chi connectivity index (χ1n) is 3.85. The van der Waals surface area contributed by atoms with Gasteiger partial charge in [-0.2, -0.15) is 0 Å². The topological polar surface area (TPSA) is 66.0 Å². The molecule has 0 atom stereocenters. The van der Waals surface area contributed by atoms with Crippen molar-refractivity contribution in [1.29, 1.82) is 0 Å². The second-order valence-corrected chi connectivity index (χ2v) is 2.54. The minimum absolute atomic E-state index is 0.427. The summed E-state index contributed by atoms with van der Waals surface area (Å²) in [5.74, 6) is 1.72. The van der Waals surface area contributed by atoms with Crippen LogP contribution in [-0.4, -0.2) is 28.5 Å². The van der Waals surface area contributed by atoms with E-state index in [-0.39, 0.29) is 0 Å². The van der Waals surface area contributed by atoms with E-state index in [9.17, 15) is 0 Å². The Morgan fingerprint density at radius 2 is 2.08 bits per heavy atom. The Hall–Kier alpha value is -0.940. The minimum Gasteiger partial charge on any atom is -0.384 e. The molecule has 1 heterocycles. The van der Waals surface area contributed by atoms with E-state index in [1.54, 1.807) is 7.11 Å². The Labute approximate surface area is 71.5 Å². The minimum atomic E-state index is 0.427. The summed E-state index contributed by atoms with van der Waals surface area (Å²) in [6.45, 7) is 1.09. The molecule has 5 nitrogen and oxygen atoms in total. The van der Waals surface area contributed by atoms with Crippen LogP contribution in [0.2, 0.25) is 0 Å². The summed E-state index contributed by atoms with van der Waals surface area (Å²) in [5.41, 5.74) is 5.44. The van der Waals surface area contributed by atoms with E-state index in [0.717, 1.165) is 18.1 Å². The second kappa shape index (κ2) is 4.18. The molecule has 0 fully saturated rings. The van der Waals surface area contributed by atoms with E-state index < -0.39 is 0 Å². The highest BCUT2D eigenvalue weighted by molar-refractivity contribution is 4.94. The Bertz CT molecular complexity index is 246. The smallest absolute Gasteiger partial charge is 0.146 e. The molecule has 12 heavy (non-hydrogen) atoms. The van der Waals surface area contributed by atoms with E-state index in [1.165, 1.54) is 0 Å². The molecule has 0 saturated heterocycles. The van der Waals surface area contributed by atoms with E-state index >= 15 is 0 Å². The lowest BCUT2D eigenvalue weighted by molar-refractivity contribution is 0.199. The fraction of sp³-hybridized carbons (Fsp3) is 0.714. The van der Waals surface area contributed by atoms with Gasteiger partial charge in [-0.3, -0.25) is 0 Å². The van der Waals surface area contributed by atoms with Crippen molar-refractivity contribution < 1.29 is 4.74 Å². The van der Waals surface area contributed by atoms with Crippen molar-refractivity contribution in [3.8, 4) is 0 Å². The summed E-state index contributed by atoms with van der Waals surface area (Å²) in [4.78, 5) is 0. The fourth-order valence-corrected chi connectivity index (χ4v) is 0.987. The highest BCUT2D eigenvalue weighted by Gasteiger charge is 2.05. The number of aromatic nitrogens is 3. The Morgan fingerprint density at radius 3 is 2.58 bits per heavy atom. The number of methoxy groups -OCH3 is 1. The van der Waals surface area contributed by atoms with Crippen LogP contribution in [0.1, 0.15) is 11.6 Å². The van der Waals surface area contributed by atoms with E-state index in [2.05, 4.69) is 10.2 Å². The van der Waals surface area contributed by atoms with Crippen molar-refractivity contribution in [2.45, 2.75) is 13.0 Å². The van der Waals surface area contributed by atoms with Crippen molar-refractivity contribution in [3.63, 3.8) is 0 Å². The molecule has 5 heteroatoms. The van der Waals surface area contributed by atoms with Gasteiger partial charge >= 0.3 is 0 Å². The van der Waals surface area contributed by atoms with Gasteiger partial charge in [0.2, 0.25) is 0 Å². The number of hydrogen-bond acceptors (Lipinski definition) is 4. The normalized spacial score (nSPS) is 10.6. The van der Waals surface area contributed by atoms with Crippen molar-refractivity contribution in [2.75, 3.05) is 13.7 Å². The van der Waals surface area contributed by atoms with Crippen LogP contribution in [0.5, 0.6) is 0 Å². The Balaban J connectivity index is 2.66. The summed E-state index contributed by atoms with van der Waals surface area (Å²) in [6, 6.07) is 0. The van der Waals surface area contributed by atoms with Crippen LogP contribution < -0.4 is 5.73 Å². The molecule has 0 aliphatic rings. The summed E-state index contributed by atoms with van der Waals surface area (Å²) >= 11 is 0. The fourth-order valence-electron chi connectivity index (χ4n) is 0.987. The highest BCUT2D eigenvalue weighted by Crippen LogP contribution is 1.98. The summed E-state index contributed by atoms with van der Waals surface area (Å²) < 4.78 is 6.83. The van der Waals surface area contributed by atoms with E-state index in [0.29, 0.717) is 13.2 Å². The first-order valence-corrected chi connectivity index (χ1v) is 3.85. The van der Waals surface area contributed by atoms with Crippen LogP contribution in [0, 0.1) is 0 Å². The molecule has 1 rings (SSSR count). The zero-order valence-corrected chi connectivity index (χ0v) is 7.45. The van der Waals surface area contributed by atoms with Crippen LogP contribution in [0.4, 0.5) is 0 Å². The zero-order chi connectivity index (χ0) is 8.97. The molecule has 68 valence electrons. The van der Waals surface area contributed by atoms with Crippen LogP contribution in [0.25, 0.3) is 0 Å². The molecular weight excluding hydrogens is 156 g/mol. The predicted octanol–water partition coefficient (Wildman–Crippen LogP) is -0.537. The third-order valence-corrected chi connectivity index (χ3v) is 1.77. The van der Waals surface area contributed by atoms with Gasteiger partial charge in [-0.1, -0.05) is 0 Å². The van der Waals surface area contributed by atoms with Gasteiger partial charge in [0.15, 0.2) is 0 Å². The number of nitrogens with zero attached hydrogens (tertiary/aromatic N) is 3. The molecule has 2 N–H and O–H groups in total. The van der Waals surface area contributed by atoms with Crippen molar-refractivity contribution in [3.05, 3.63) is 11.6 Å². The molecule has 0 aliphatic carbocycles. The molecule has 0 radical (unpaired) electrons. The molecule has 0 bridgehead atoms. The standard InChI is InChI=1S/C7H14N4O/c1-11-6(3-4-12-2)9-10-7(11)5-8/h3-5,8H2,1-2H3. The van der Waals surface area contributed by atoms with Crippen LogP contribution >= 0.6 is 0 Å². The summed E-state index contributed by atoms with van der Waals surface area (Å²) in [5, 5.41) is 7.90. The molecular formula is C7H14N4O. The van der Waals surface area contributed by atoms with Gasteiger partial charge < -0.3 is 15.0 Å². The average Bonchev–Trinajstić information content (AvgIpc) is 2.43. The summed E-state index contributed by atoms with van der Waals surface area (Å²) in [6.07, 6.45) is 0.778.